The number of likely N-dealkylation sites (N-methyl/N-ethyl adjacent to an activating group) is 1. The number of hydrogen-bond donors (Lipinski definition) is 1. The summed E-state index contributed by atoms with van der Waals surface area (Å²) in [5.41, 5.74) is 3.93. The molecule has 1 unspecified atom stereocenters. The maximum absolute atomic E-state index is 14.6. The van der Waals surface area contributed by atoms with Crippen molar-refractivity contribution in [1.29, 1.82) is 0 Å². The highest BCUT2D eigenvalue weighted by Crippen LogP contribution is 2.29. The van der Waals surface area contributed by atoms with Crippen molar-refractivity contribution in [2.45, 2.75) is 44.7 Å². The van der Waals surface area contributed by atoms with Crippen LogP contribution < -0.4 is 14.4 Å². The summed E-state index contributed by atoms with van der Waals surface area (Å²) in [5.74, 6) is 0.306. The maximum atomic E-state index is 14.6. The van der Waals surface area contributed by atoms with Crippen molar-refractivity contribution < 1.29 is 22.7 Å². The lowest BCUT2D eigenvalue weighted by atomic mass is 10.0. The van der Waals surface area contributed by atoms with E-state index in [1.54, 1.807) is 36.4 Å². The van der Waals surface area contributed by atoms with Crippen molar-refractivity contribution in [3.05, 3.63) is 156 Å². The lowest BCUT2D eigenvalue weighted by molar-refractivity contribution is -0.140. The van der Waals surface area contributed by atoms with Crippen LogP contribution in [0.1, 0.15) is 29.2 Å². The highest BCUT2D eigenvalue weighted by Gasteiger charge is 2.34. The Morgan fingerprint density at radius 3 is 1.84 bits per heavy atom. The van der Waals surface area contributed by atoms with Gasteiger partial charge in [-0.2, -0.15) is 0 Å². The van der Waals surface area contributed by atoms with Gasteiger partial charge in [0, 0.05) is 19.5 Å². The van der Waals surface area contributed by atoms with Crippen LogP contribution in [0.4, 0.5) is 5.69 Å². The van der Waals surface area contributed by atoms with Gasteiger partial charge in [-0.15, -0.1) is 0 Å². The van der Waals surface area contributed by atoms with Crippen LogP contribution in [-0.4, -0.2) is 44.3 Å². The third kappa shape index (κ3) is 9.15. The van der Waals surface area contributed by atoms with E-state index in [-0.39, 0.29) is 29.5 Å². The van der Waals surface area contributed by atoms with Crippen LogP contribution in [-0.2, 0) is 32.6 Å². The SMILES string of the molecule is CCNC(=O)C(Cc1ccccc1)N(Cc1ccc(C)cc1)C(=O)CN(c1ccc(Oc2ccccc2)cc1)S(=O)(=O)c1ccc(C)cc1. The number of sulfonamides is 1. The molecule has 5 aromatic rings. The predicted molar refractivity (Wildman–Crippen MR) is 193 cm³/mol. The van der Waals surface area contributed by atoms with Crippen molar-refractivity contribution in [2.24, 2.45) is 0 Å². The van der Waals surface area contributed by atoms with Gasteiger partial charge in [0.2, 0.25) is 11.8 Å². The number of benzene rings is 5. The second-order valence-electron chi connectivity index (χ2n) is 11.8. The molecular weight excluding hydrogens is 635 g/mol. The van der Waals surface area contributed by atoms with Gasteiger partial charge in [-0.3, -0.25) is 13.9 Å². The zero-order valence-electron chi connectivity index (χ0n) is 28.0. The Bertz CT molecular complexity index is 1930. The Labute approximate surface area is 289 Å². The number of anilines is 1. The Kier molecular flexibility index (Phi) is 11.5. The fourth-order valence-corrected chi connectivity index (χ4v) is 6.82. The number of amides is 2. The molecule has 0 saturated carbocycles. The van der Waals surface area contributed by atoms with Gasteiger partial charge in [0.25, 0.3) is 10.0 Å². The molecule has 0 aliphatic heterocycles. The van der Waals surface area contributed by atoms with Crippen LogP contribution in [0.3, 0.4) is 0 Å². The molecule has 0 aliphatic carbocycles. The minimum Gasteiger partial charge on any atom is -0.457 e. The third-order valence-corrected chi connectivity index (χ3v) is 9.88. The molecule has 9 heteroatoms. The zero-order valence-corrected chi connectivity index (χ0v) is 28.8. The molecule has 0 aliphatic rings. The van der Waals surface area contributed by atoms with E-state index in [1.807, 2.05) is 106 Å². The third-order valence-electron chi connectivity index (χ3n) is 8.09. The summed E-state index contributed by atoms with van der Waals surface area (Å²) < 4.78 is 35.7. The molecule has 0 fully saturated rings. The summed E-state index contributed by atoms with van der Waals surface area (Å²) in [5, 5.41) is 2.89. The Morgan fingerprint density at radius 1 is 0.694 bits per heavy atom. The Balaban J connectivity index is 1.54. The molecule has 0 bridgehead atoms. The van der Waals surface area contributed by atoms with E-state index in [4.69, 9.17) is 4.74 Å². The number of para-hydroxylation sites is 1. The van der Waals surface area contributed by atoms with Crippen molar-refractivity contribution in [1.82, 2.24) is 10.2 Å². The van der Waals surface area contributed by atoms with Gasteiger partial charge >= 0.3 is 0 Å². The van der Waals surface area contributed by atoms with Crippen LogP contribution in [0.25, 0.3) is 0 Å². The summed E-state index contributed by atoms with van der Waals surface area (Å²) in [4.78, 5) is 29.8. The number of rotatable bonds is 14. The van der Waals surface area contributed by atoms with Crippen molar-refractivity contribution >= 4 is 27.5 Å². The largest absolute Gasteiger partial charge is 0.457 e. The fraction of sp³-hybridized carbons (Fsp3) is 0.200. The summed E-state index contributed by atoms with van der Waals surface area (Å²) >= 11 is 0. The van der Waals surface area contributed by atoms with Gasteiger partial charge in [-0.05, 0) is 80.4 Å². The van der Waals surface area contributed by atoms with Crippen molar-refractivity contribution in [3.63, 3.8) is 0 Å². The highest BCUT2D eigenvalue weighted by atomic mass is 32.2. The normalized spacial score (nSPS) is 11.7. The van der Waals surface area contributed by atoms with Crippen molar-refractivity contribution in [3.8, 4) is 11.5 Å². The number of ether oxygens (including phenoxy) is 1. The predicted octanol–water partition coefficient (Wildman–Crippen LogP) is 7.07. The highest BCUT2D eigenvalue weighted by molar-refractivity contribution is 7.92. The van der Waals surface area contributed by atoms with Gasteiger partial charge in [0.15, 0.2) is 0 Å². The molecule has 0 aromatic heterocycles. The first-order chi connectivity index (χ1) is 23.6. The minimum absolute atomic E-state index is 0.0464. The number of hydrogen-bond acceptors (Lipinski definition) is 5. The standard InChI is InChI=1S/C40H41N3O5S/c1-4-41-40(45)38(27-32-11-7-5-8-12-32)42(28-33-19-15-30(2)16-20-33)39(44)29-43(49(46,47)37-25-17-31(3)18-26-37)34-21-23-36(24-22-34)48-35-13-9-6-10-14-35/h5-26,38H,4,27-29H2,1-3H3,(H,41,45). The topological polar surface area (TPSA) is 96.0 Å². The molecule has 2 amide bonds. The molecular formula is C40H41N3O5S. The number of carbonyl (C=O) groups excluding carboxylic acids is 2. The average molecular weight is 676 g/mol. The van der Waals surface area contributed by atoms with Gasteiger partial charge in [0.1, 0.15) is 24.1 Å². The molecule has 5 aromatic carbocycles. The minimum atomic E-state index is -4.22. The molecule has 1 atom stereocenters. The number of aryl methyl sites for hydroxylation is 2. The monoisotopic (exact) mass is 675 g/mol. The van der Waals surface area contributed by atoms with E-state index in [0.717, 1.165) is 26.6 Å². The molecule has 1 N–H and O–H groups in total. The lowest BCUT2D eigenvalue weighted by Gasteiger charge is -2.34. The number of nitrogens with zero attached hydrogens (tertiary/aromatic N) is 2. The van der Waals surface area contributed by atoms with Gasteiger partial charge in [-0.25, -0.2) is 8.42 Å². The summed E-state index contributed by atoms with van der Waals surface area (Å²) in [6, 6.07) is 38.6. The molecule has 49 heavy (non-hydrogen) atoms. The average Bonchev–Trinajstić information content (AvgIpc) is 3.11. The molecule has 8 nitrogen and oxygen atoms in total. The number of carbonyl (C=O) groups is 2. The fourth-order valence-electron chi connectivity index (χ4n) is 5.41. The van der Waals surface area contributed by atoms with E-state index in [9.17, 15) is 18.0 Å². The molecule has 252 valence electrons. The van der Waals surface area contributed by atoms with Crippen LogP contribution in [0.5, 0.6) is 11.5 Å². The van der Waals surface area contributed by atoms with Crippen LogP contribution in [0, 0.1) is 13.8 Å². The quantitative estimate of drug-likeness (QED) is 0.136. The van der Waals surface area contributed by atoms with Gasteiger partial charge in [-0.1, -0.05) is 96.1 Å². The second kappa shape index (κ2) is 16.1. The van der Waals surface area contributed by atoms with Crippen LogP contribution >= 0.6 is 0 Å². The van der Waals surface area contributed by atoms with Gasteiger partial charge < -0.3 is 15.0 Å². The van der Waals surface area contributed by atoms with E-state index >= 15 is 0 Å². The first-order valence-electron chi connectivity index (χ1n) is 16.2. The smallest absolute Gasteiger partial charge is 0.264 e. The van der Waals surface area contributed by atoms with Crippen LogP contribution in [0.15, 0.2) is 138 Å². The van der Waals surface area contributed by atoms with Crippen molar-refractivity contribution in [2.75, 3.05) is 17.4 Å². The first kappa shape index (κ1) is 34.9. The lowest BCUT2D eigenvalue weighted by Crippen LogP contribution is -2.53. The van der Waals surface area contributed by atoms with Crippen LogP contribution in [0.2, 0.25) is 0 Å². The van der Waals surface area contributed by atoms with E-state index in [2.05, 4.69) is 5.32 Å². The number of nitrogens with one attached hydrogen (secondary N) is 1. The second-order valence-corrected chi connectivity index (χ2v) is 13.7. The van der Waals surface area contributed by atoms with E-state index in [1.165, 1.54) is 17.0 Å². The molecule has 0 saturated heterocycles. The molecule has 0 heterocycles. The molecule has 0 spiro atoms. The van der Waals surface area contributed by atoms with Gasteiger partial charge in [0.05, 0.1) is 10.6 Å². The first-order valence-corrected chi connectivity index (χ1v) is 17.7. The molecule has 0 radical (unpaired) electrons. The summed E-state index contributed by atoms with van der Waals surface area (Å²) in [6.07, 6.45) is 0.251. The Morgan fingerprint density at radius 2 is 1.24 bits per heavy atom. The van der Waals surface area contributed by atoms with E-state index < -0.39 is 28.5 Å². The zero-order chi connectivity index (χ0) is 34.8. The maximum Gasteiger partial charge on any atom is 0.264 e. The molecule has 5 rings (SSSR count). The Hall–Kier alpha value is -5.41. The summed E-state index contributed by atoms with van der Waals surface area (Å²) in [6.45, 7) is 5.62. The summed E-state index contributed by atoms with van der Waals surface area (Å²) in [7, 11) is -4.22. The van der Waals surface area contributed by atoms with E-state index in [0.29, 0.717) is 18.0 Å².